The van der Waals surface area contributed by atoms with Gasteiger partial charge in [-0.2, -0.15) is 0 Å². The predicted molar refractivity (Wildman–Crippen MR) is 73.9 cm³/mol. The number of carboxylic acids is 1. The fraction of sp³-hybridized carbons (Fsp3) is 0.286. The van der Waals surface area contributed by atoms with Crippen LogP contribution in [0.2, 0.25) is 0 Å². The summed E-state index contributed by atoms with van der Waals surface area (Å²) >= 11 is 0. The van der Waals surface area contributed by atoms with Gasteiger partial charge in [0.25, 0.3) is 0 Å². The van der Waals surface area contributed by atoms with Crippen molar-refractivity contribution < 1.29 is 29.2 Å². The Balaban J connectivity index is 0.000000406. The highest BCUT2D eigenvalue weighted by molar-refractivity contribution is 5.76. The van der Waals surface area contributed by atoms with Crippen molar-refractivity contribution in [1.82, 2.24) is 10.3 Å². The molecule has 0 unspecified atom stereocenters. The van der Waals surface area contributed by atoms with Crippen LogP contribution in [0, 0.1) is 0 Å². The molecule has 2 rings (SSSR count). The van der Waals surface area contributed by atoms with Gasteiger partial charge >= 0.3 is 11.9 Å². The molecule has 1 heterocycles. The third-order valence-corrected chi connectivity index (χ3v) is 2.42. The topological polar surface area (TPSA) is 123 Å². The molecule has 8 nitrogen and oxygen atoms in total. The number of rotatable bonds is 6. The van der Waals surface area contributed by atoms with E-state index in [1.165, 1.54) is 12.4 Å². The van der Waals surface area contributed by atoms with Gasteiger partial charge in [-0.1, -0.05) is 22.4 Å². The second kappa shape index (κ2) is 9.92. The molecule has 1 aromatic carbocycles. The van der Waals surface area contributed by atoms with Crippen LogP contribution in [-0.4, -0.2) is 39.1 Å². The number of phenolic OH excluding ortho intramolecular Hbond substituents is 1. The Morgan fingerprint density at radius 3 is 2.23 bits per heavy atom. The molecule has 0 aliphatic rings. The maximum absolute atomic E-state index is 11.1. The zero-order valence-electron chi connectivity index (χ0n) is 11.7. The average Bonchev–Trinajstić information content (AvgIpc) is 3.07. The van der Waals surface area contributed by atoms with E-state index >= 15 is 0 Å². The smallest absolute Gasteiger partial charge is 0.306 e. The molecule has 118 valence electrons. The molecule has 0 saturated carbocycles. The van der Waals surface area contributed by atoms with Crippen molar-refractivity contribution in [3.63, 3.8) is 0 Å². The van der Waals surface area contributed by atoms with Crippen molar-refractivity contribution in [2.75, 3.05) is 6.61 Å². The Morgan fingerprint density at radius 2 is 1.73 bits per heavy atom. The zero-order valence-corrected chi connectivity index (χ0v) is 11.7. The van der Waals surface area contributed by atoms with Crippen LogP contribution < -0.4 is 0 Å². The summed E-state index contributed by atoms with van der Waals surface area (Å²) < 4.78 is 8.95. The van der Waals surface area contributed by atoms with Gasteiger partial charge in [0.05, 0.1) is 31.8 Å². The first-order chi connectivity index (χ1) is 10.6. The van der Waals surface area contributed by atoms with Gasteiger partial charge < -0.3 is 14.9 Å². The number of phenols is 1. The molecule has 2 N–H and O–H groups in total. The lowest BCUT2D eigenvalue weighted by molar-refractivity contribution is -0.147. The van der Waals surface area contributed by atoms with Gasteiger partial charge in [-0.3, -0.25) is 9.59 Å². The Kier molecular flexibility index (Phi) is 7.73. The summed E-state index contributed by atoms with van der Waals surface area (Å²) in [6.07, 6.45) is 3.17. The van der Waals surface area contributed by atoms with E-state index in [4.69, 9.17) is 14.9 Å². The molecule has 0 aliphatic carbocycles. The first-order valence-electron chi connectivity index (χ1n) is 6.45. The van der Waals surface area contributed by atoms with E-state index < -0.39 is 11.9 Å². The highest BCUT2D eigenvalue weighted by Gasteiger charge is 2.06. The summed E-state index contributed by atoms with van der Waals surface area (Å²) in [5, 5.41) is 23.9. The zero-order chi connectivity index (χ0) is 16.2. The van der Waals surface area contributed by atoms with Crippen molar-refractivity contribution in [3.05, 3.63) is 42.2 Å². The molecule has 0 aliphatic heterocycles. The van der Waals surface area contributed by atoms with Gasteiger partial charge in [0.2, 0.25) is 0 Å². The van der Waals surface area contributed by atoms with Crippen LogP contribution in [0.25, 0.3) is 0 Å². The lowest BCUT2D eigenvalue weighted by Crippen LogP contribution is -2.09. The molecule has 0 radical (unpaired) electrons. The summed E-state index contributed by atoms with van der Waals surface area (Å²) in [7, 11) is 0. The molecule has 0 amide bonds. The number of ether oxygens (including phenoxy) is 1. The molecular weight excluding hydrogens is 292 g/mol. The number of esters is 1. The van der Waals surface area contributed by atoms with Gasteiger partial charge in [0, 0.05) is 6.42 Å². The van der Waals surface area contributed by atoms with E-state index in [2.05, 4.69) is 14.9 Å². The minimum atomic E-state index is -1.01. The highest BCUT2D eigenvalue weighted by Crippen LogP contribution is 2.10. The molecule has 0 bridgehead atoms. The van der Waals surface area contributed by atoms with Gasteiger partial charge in [-0.15, -0.1) is 0 Å². The monoisotopic (exact) mass is 308 g/mol. The van der Waals surface area contributed by atoms with Gasteiger partial charge in [-0.05, 0) is 17.7 Å². The SMILES string of the molecule is O=C(O)CCC(=O)OCCc1ccc(O)cc1.c1cnon1. The minimum absolute atomic E-state index is 0.106. The molecule has 2 aromatic rings. The van der Waals surface area contributed by atoms with E-state index in [9.17, 15) is 9.59 Å². The van der Waals surface area contributed by atoms with E-state index in [1.807, 2.05) is 0 Å². The average molecular weight is 308 g/mol. The summed E-state index contributed by atoms with van der Waals surface area (Å²) in [6, 6.07) is 6.59. The van der Waals surface area contributed by atoms with E-state index in [0.717, 1.165) is 5.56 Å². The number of carbonyl (C=O) groups excluding carboxylic acids is 1. The lowest BCUT2D eigenvalue weighted by Gasteiger charge is -2.04. The number of hydrogen-bond acceptors (Lipinski definition) is 7. The number of carbonyl (C=O) groups is 2. The summed E-state index contributed by atoms with van der Waals surface area (Å²) in [5.41, 5.74) is 0.939. The quantitative estimate of drug-likeness (QED) is 0.768. The van der Waals surface area contributed by atoms with E-state index in [0.29, 0.717) is 6.42 Å². The molecule has 0 spiro atoms. The van der Waals surface area contributed by atoms with Crippen molar-refractivity contribution in [3.8, 4) is 5.75 Å². The van der Waals surface area contributed by atoms with Crippen LogP contribution in [0.5, 0.6) is 5.75 Å². The van der Waals surface area contributed by atoms with Crippen LogP contribution in [0.15, 0.2) is 41.3 Å². The normalized spacial score (nSPS) is 9.45. The van der Waals surface area contributed by atoms with Crippen molar-refractivity contribution in [2.24, 2.45) is 0 Å². The summed E-state index contributed by atoms with van der Waals surface area (Å²) in [4.78, 5) is 21.3. The fourth-order valence-corrected chi connectivity index (χ4v) is 1.36. The van der Waals surface area contributed by atoms with Crippen LogP contribution in [0.4, 0.5) is 0 Å². The fourth-order valence-electron chi connectivity index (χ4n) is 1.36. The van der Waals surface area contributed by atoms with Crippen molar-refractivity contribution in [2.45, 2.75) is 19.3 Å². The third-order valence-electron chi connectivity index (χ3n) is 2.42. The number of carboxylic acid groups (broad SMARTS) is 1. The first kappa shape index (κ1) is 17.2. The third kappa shape index (κ3) is 8.31. The lowest BCUT2D eigenvalue weighted by atomic mass is 10.1. The van der Waals surface area contributed by atoms with Crippen molar-refractivity contribution in [1.29, 1.82) is 0 Å². The maximum atomic E-state index is 11.1. The number of hydrogen-bond donors (Lipinski definition) is 2. The van der Waals surface area contributed by atoms with Crippen LogP contribution in [-0.2, 0) is 20.7 Å². The molecular formula is C14H16N2O6. The molecule has 0 atom stereocenters. The Bertz CT molecular complexity index is 536. The molecule has 22 heavy (non-hydrogen) atoms. The van der Waals surface area contributed by atoms with Gasteiger partial charge in [0.15, 0.2) is 0 Å². The number of aliphatic carboxylic acids is 1. The Labute approximate surface area is 126 Å². The second-order valence-electron chi connectivity index (χ2n) is 4.12. The Hall–Kier alpha value is -2.90. The number of aromatic hydroxyl groups is 1. The largest absolute Gasteiger partial charge is 0.508 e. The van der Waals surface area contributed by atoms with Gasteiger partial charge in [-0.25, -0.2) is 4.63 Å². The number of benzene rings is 1. The maximum Gasteiger partial charge on any atom is 0.306 e. The van der Waals surface area contributed by atoms with E-state index in [-0.39, 0.29) is 25.2 Å². The summed E-state index contributed by atoms with van der Waals surface area (Å²) in [6.45, 7) is 0.212. The molecule has 0 fully saturated rings. The second-order valence-corrected chi connectivity index (χ2v) is 4.12. The highest BCUT2D eigenvalue weighted by atomic mass is 16.6. The molecule has 0 saturated heterocycles. The van der Waals surface area contributed by atoms with Gasteiger partial charge in [0.1, 0.15) is 5.75 Å². The molecule has 8 heteroatoms. The summed E-state index contributed by atoms with van der Waals surface area (Å²) in [5.74, 6) is -1.33. The predicted octanol–water partition coefficient (Wildman–Crippen LogP) is 1.41. The minimum Gasteiger partial charge on any atom is -0.508 e. The van der Waals surface area contributed by atoms with E-state index in [1.54, 1.807) is 24.3 Å². The number of nitrogens with zero attached hydrogens (tertiary/aromatic N) is 2. The molecule has 1 aromatic heterocycles. The first-order valence-corrected chi connectivity index (χ1v) is 6.45. The standard InChI is InChI=1S/C12H14O5.C2H2N2O/c13-10-3-1-9(2-4-10)7-8-17-12(16)6-5-11(14)15;1-2-4-5-3-1/h1-4,13H,5-8H2,(H,14,15);1-2H. The number of aromatic nitrogens is 2. The van der Waals surface area contributed by atoms with Crippen LogP contribution >= 0.6 is 0 Å². The van der Waals surface area contributed by atoms with Crippen molar-refractivity contribution >= 4 is 11.9 Å². The van der Waals surface area contributed by atoms with Crippen LogP contribution in [0.1, 0.15) is 18.4 Å². The Morgan fingerprint density at radius 1 is 1.09 bits per heavy atom. The van der Waals surface area contributed by atoms with Crippen LogP contribution in [0.3, 0.4) is 0 Å².